The fourth-order valence-corrected chi connectivity index (χ4v) is 4.03. The summed E-state index contributed by atoms with van der Waals surface area (Å²) in [4.78, 5) is 52.0. The lowest BCUT2D eigenvalue weighted by Gasteiger charge is -2.30. The Kier molecular flexibility index (Phi) is 9.63. The second-order valence-corrected chi connectivity index (χ2v) is 8.73. The van der Waals surface area contributed by atoms with Gasteiger partial charge in [-0.15, -0.1) is 0 Å². The van der Waals surface area contributed by atoms with Crippen molar-refractivity contribution < 1.29 is 23.9 Å². The van der Waals surface area contributed by atoms with Gasteiger partial charge in [-0.25, -0.2) is 4.79 Å². The number of amides is 3. The molecule has 3 amide bonds. The first-order valence-electron chi connectivity index (χ1n) is 11.3. The zero-order valence-electron chi connectivity index (χ0n) is 20.1. The first-order valence-corrected chi connectivity index (χ1v) is 11.3. The van der Waals surface area contributed by atoms with Crippen molar-refractivity contribution in [2.45, 2.75) is 58.7 Å². The molecule has 2 unspecified atom stereocenters. The molecule has 180 valence electrons. The Morgan fingerprint density at radius 3 is 2.48 bits per heavy atom. The van der Waals surface area contributed by atoms with Gasteiger partial charge in [-0.2, -0.15) is 0 Å². The lowest BCUT2D eigenvalue weighted by molar-refractivity contribution is -0.156. The second kappa shape index (κ2) is 12.2. The fraction of sp³-hybridized carbons (Fsp3) is 0.520. The SMILES string of the molecule is C/C(=C\[C@H](C(C)C)N(C)C(=O)CNC=O)C(=O)N1CCCC1C(=O)OC(C)c1ccccc1. The molecule has 0 aliphatic carbocycles. The molecule has 8 heteroatoms. The summed E-state index contributed by atoms with van der Waals surface area (Å²) in [5, 5.41) is 2.37. The average molecular weight is 458 g/mol. The van der Waals surface area contributed by atoms with Crippen LogP contribution in [-0.2, 0) is 23.9 Å². The van der Waals surface area contributed by atoms with E-state index < -0.39 is 18.1 Å². The highest BCUT2D eigenvalue weighted by Gasteiger charge is 2.36. The molecule has 33 heavy (non-hydrogen) atoms. The molecule has 0 aromatic heterocycles. The van der Waals surface area contributed by atoms with Crippen LogP contribution in [0.3, 0.4) is 0 Å². The fourth-order valence-electron chi connectivity index (χ4n) is 4.03. The van der Waals surface area contributed by atoms with E-state index in [0.717, 1.165) is 12.0 Å². The van der Waals surface area contributed by atoms with Gasteiger partial charge >= 0.3 is 5.97 Å². The monoisotopic (exact) mass is 457 g/mol. The van der Waals surface area contributed by atoms with Crippen molar-refractivity contribution in [3.05, 3.63) is 47.5 Å². The molecule has 1 heterocycles. The average Bonchev–Trinajstić information content (AvgIpc) is 3.30. The van der Waals surface area contributed by atoms with Gasteiger partial charge < -0.3 is 19.9 Å². The summed E-state index contributed by atoms with van der Waals surface area (Å²) < 4.78 is 5.67. The Hall–Kier alpha value is -3.16. The normalized spacial score (nSPS) is 17.9. The van der Waals surface area contributed by atoms with Crippen LogP contribution in [0.5, 0.6) is 0 Å². The predicted molar refractivity (Wildman–Crippen MR) is 125 cm³/mol. The van der Waals surface area contributed by atoms with Gasteiger partial charge in [0.1, 0.15) is 12.1 Å². The van der Waals surface area contributed by atoms with E-state index in [2.05, 4.69) is 5.32 Å². The van der Waals surface area contributed by atoms with Gasteiger partial charge in [0.25, 0.3) is 0 Å². The molecule has 0 bridgehead atoms. The molecule has 0 saturated carbocycles. The van der Waals surface area contributed by atoms with E-state index in [9.17, 15) is 19.2 Å². The quantitative estimate of drug-likeness (QED) is 0.331. The molecule has 0 spiro atoms. The lowest BCUT2D eigenvalue weighted by Crippen LogP contribution is -2.45. The number of esters is 1. The maximum absolute atomic E-state index is 13.2. The van der Waals surface area contributed by atoms with Crippen molar-refractivity contribution in [1.29, 1.82) is 0 Å². The summed E-state index contributed by atoms with van der Waals surface area (Å²) in [6, 6.07) is 8.52. The molecule has 3 atom stereocenters. The van der Waals surface area contributed by atoms with Crippen molar-refractivity contribution >= 4 is 24.2 Å². The lowest BCUT2D eigenvalue weighted by atomic mass is 9.99. The standard InChI is InChI=1S/C25H35N3O5/c1-17(2)22(27(5)23(30)15-26-16-29)14-18(3)24(31)28-13-9-12-21(28)25(32)33-19(4)20-10-7-6-8-11-20/h6-8,10-11,14,16-17,19,21-22H,9,12-13,15H2,1-5H3,(H,26,29)/b18-14+/t19?,21?,22-/m1/s1. The van der Waals surface area contributed by atoms with Crippen LogP contribution in [0.2, 0.25) is 0 Å². The van der Waals surface area contributed by atoms with E-state index in [1.54, 1.807) is 24.9 Å². The summed E-state index contributed by atoms with van der Waals surface area (Å²) >= 11 is 0. The van der Waals surface area contributed by atoms with Gasteiger partial charge in [-0.3, -0.25) is 14.4 Å². The molecule has 1 fully saturated rings. The minimum Gasteiger partial charge on any atom is -0.456 e. The molecule has 0 radical (unpaired) electrons. The summed E-state index contributed by atoms with van der Waals surface area (Å²) in [6.45, 7) is 7.80. The molecule has 1 saturated heterocycles. The van der Waals surface area contributed by atoms with Crippen LogP contribution in [0, 0.1) is 5.92 Å². The number of likely N-dealkylation sites (N-methyl/N-ethyl adjacent to an activating group) is 1. The maximum Gasteiger partial charge on any atom is 0.329 e. The number of nitrogens with zero attached hydrogens (tertiary/aromatic N) is 2. The number of rotatable bonds is 10. The van der Waals surface area contributed by atoms with Crippen molar-refractivity contribution in [1.82, 2.24) is 15.1 Å². The highest BCUT2D eigenvalue weighted by atomic mass is 16.5. The number of benzene rings is 1. The minimum absolute atomic E-state index is 0.0454. The van der Waals surface area contributed by atoms with Crippen LogP contribution in [-0.4, -0.2) is 66.2 Å². The smallest absolute Gasteiger partial charge is 0.329 e. The molecular weight excluding hydrogens is 422 g/mol. The predicted octanol–water partition coefficient (Wildman–Crippen LogP) is 2.46. The van der Waals surface area contributed by atoms with Crippen LogP contribution in [0.4, 0.5) is 0 Å². The van der Waals surface area contributed by atoms with Crippen LogP contribution in [0.25, 0.3) is 0 Å². The van der Waals surface area contributed by atoms with Gasteiger partial charge in [-0.1, -0.05) is 50.3 Å². The summed E-state index contributed by atoms with van der Waals surface area (Å²) in [7, 11) is 1.65. The molecule has 1 aliphatic heterocycles. The van der Waals surface area contributed by atoms with Gasteiger partial charge in [0.15, 0.2) is 0 Å². The van der Waals surface area contributed by atoms with Crippen molar-refractivity contribution in [3.63, 3.8) is 0 Å². The third kappa shape index (κ3) is 6.91. The number of likely N-dealkylation sites (tertiary alicyclic amines) is 1. The number of carbonyl (C=O) groups is 4. The Morgan fingerprint density at radius 2 is 1.88 bits per heavy atom. The zero-order valence-corrected chi connectivity index (χ0v) is 20.1. The Labute approximate surface area is 195 Å². The number of carbonyl (C=O) groups excluding carboxylic acids is 4. The number of ether oxygens (including phenoxy) is 1. The number of hydrogen-bond acceptors (Lipinski definition) is 5. The molecule has 2 rings (SSSR count). The zero-order chi connectivity index (χ0) is 24.5. The van der Waals surface area contributed by atoms with Crippen molar-refractivity contribution in [2.24, 2.45) is 5.92 Å². The van der Waals surface area contributed by atoms with Gasteiger partial charge in [-0.05, 0) is 38.2 Å². The summed E-state index contributed by atoms with van der Waals surface area (Å²) in [6.07, 6.45) is 3.12. The minimum atomic E-state index is -0.624. The first-order chi connectivity index (χ1) is 15.7. The van der Waals surface area contributed by atoms with E-state index in [0.29, 0.717) is 24.9 Å². The van der Waals surface area contributed by atoms with Gasteiger partial charge in [0, 0.05) is 19.2 Å². The van der Waals surface area contributed by atoms with Crippen LogP contribution < -0.4 is 5.32 Å². The third-order valence-electron chi connectivity index (χ3n) is 5.97. The summed E-state index contributed by atoms with van der Waals surface area (Å²) in [5.74, 6) is -0.851. The second-order valence-electron chi connectivity index (χ2n) is 8.73. The number of nitrogens with one attached hydrogen (secondary N) is 1. The highest BCUT2D eigenvalue weighted by molar-refractivity contribution is 5.96. The Bertz CT molecular complexity index is 868. The van der Waals surface area contributed by atoms with Crippen LogP contribution in [0.1, 0.15) is 52.2 Å². The van der Waals surface area contributed by atoms with Gasteiger partial charge in [0.05, 0.1) is 12.6 Å². The van der Waals surface area contributed by atoms with Crippen molar-refractivity contribution in [3.8, 4) is 0 Å². The van der Waals surface area contributed by atoms with Crippen LogP contribution in [0.15, 0.2) is 42.0 Å². The summed E-state index contributed by atoms with van der Waals surface area (Å²) in [5.41, 5.74) is 1.36. The largest absolute Gasteiger partial charge is 0.456 e. The first kappa shape index (κ1) is 26.1. The molecule has 1 N–H and O–H groups in total. The van der Waals surface area contributed by atoms with E-state index >= 15 is 0 Å². The van der Waals surface area contributed by atoms with E-state index in [-0.39, 0.29) is 30.3 Å². The van der Waals surface area contributed by atoms with Crippen molar-refractivity contribution in [2.75, 3.05) is 20.1 Å². The Balaban J connectivity index is 2.11. The molecular formula is C25H35N3O5. The highest BCUT2D eigenvalue weighted by Crippen LogP contribution is 2.25. The Morgan fingerprint density at radius 1 is 1.21 bits per heavy atom. The van der Waals surface area contributed by atoms with Crippen LogP contribution >= 0.6 is 0 Å². The molecule has 1 aromatic rings. The number of hydrogen-bond donors (Lipinski definition) is 1. The molecule has 1 aromatic carbocycles. The van der Waals surface area contributed by atoms with E-state index in [1.165, 1.54) is 4.90 Å². The third-order valence-corrected chi connectivity index (χ3v) is 5.97. The van der Waals surface area contributed by atoms with Gasteiger partial charge in [0.2, 0.25) is 18.2 Å². The van der Waals surface area contributed by atoms with E-state index in [4.69, 9.17) is 4.74 Å². The molecule has 8 nitrogen and oxygen atoms in total. The topological polar surface area (TPSA) is 96.0 Å². The van der Waals surface area contributed by atoms with E-state index in [1.807, 2.05) is 51.1 Å². The maximum atomic E-state index is 13.2. The molecule has 1 aliphatic rings.